The molecule has 2 aromatic heterocycles. The van der Waals surface area contributed by atoms with Gasteiger partial charge in [0.05, 0.1) is 13.2 Å². The van der Waals surface area contributed by atoms with Gasteiger partial charge < -0.3 is 34.0 Å². The van der Waals surface area contributed by atoms with Crippen LogP contribution in [0.4, 0.5) is 4.79 Å². The molecule has 6 heteroatoms. The highest BCUT2D eigenvalue weighted by atomic mass is 127. The smallest absolute Gasteiger partial charge is 0.412 e. The second-order valence-electron chi connectivity index (χ2n) is 4.71. The van der Waals surface area contributed by atoms with E-state index >= 15 is 0 Å². The van der Waals surface area contributed by atoms with Gasteiger partial charge in [0.25, 0.3) is 5.65 Å². The number of hydrogen-bond acceptors (Lipinski definition) is 2. The Morgan fingerprint density at radius 1 is 1.23 bits per heavy atom. The van der Waals surface area contributed by atoms with Gasteiger partial charge >= 0.3 is 6.09 Å². The zero-order valence-corrected chi connectivity index (χ0v) is 14.4. The lowest BCUT2D eigenvalue weighted by molar-refractivity contribution is -0.510. The Morgan fingerprint density at radius 2 is 2.05 bits per heavy atom. The zero-order valence-electron chi connectivity index (χ0n) is 12.3. The van der Waals surface area contributed by atoms with E-state index in [4.69, 9.17) is 4.74 Å². The fraction of sp³-hybridized carbons (Fsp3) is 0.125. The Morgan fingerprint density at radius 3 is 2.77 bits per heavy atom. The van der Waals surface area contributed by atoms with Gasteiger partial charge in [-0.2, -0.15) is 0 Å². The number of fused-ring (bicyclic) bond motifs is 1. The lowest BCUT2D eigenvalue weighted by Gasteiger charge is -2.04. The van der Waals surface area contributed by atoms with Gasteiger partial charge in [-0.25, -0.2) is 13.8 Å². The maximum absolute atomic E-state index is 11.3. The number of carbonyl (C=O) groups excluding carboxylic acids is 1. The quantitative estimate of drug-likeness (QED) is 0.443. The predicted octanol–water partition coefficient (Wildman–Crippen LogP) is -0.847. The van der Waals surface area contributed by atoms with Crippen molar-refractivity contribution >= 4 is 11.7 Å². The van der Waals surface area contributed by atoms with Crippen molar-refractivity contribution in [3.05, 3.63) is 54.9 Å². The van der Waals surface area contributed by atoms with Crippen LogP contribution < -0.4 is 38.4 Å². The number of nitrogens with zero attached hydrogens (tertiary/aromatic N) is 2. The summed E-state index contributed by atoms with van der Waals surface area (Å²) in [5, 5.41) is 2.44. The van der Waals surface area contributed by atoms with Gasteiger partial charge in [0.2, 0.25) is 0 Å². The third kappa shape index (κ3) is 3.06. The van der Waals surface area contributed by atoms with Gasteiger partial charge in [-0.3, -0.25) is 0 Å². The molecule has 0 fully saturated rings. The Hall–Kier alpha value is -2.09. The maximum Gasteiger partial charge on any atom is 0.412 e. The number of amides is 1. The van der Waals surface area contributed by atoms with Crippen LogP contribution in [0.2, 0.25) is 0 Å². The number of ether oxygens (including phenoxy) is 1. The van der Waals surface area contributed by atoms with E-state index in [-0.39, 0.29) is 24.0 Å². The molecule has 22 heavy (non-hydrogen) atoms. The summed E-state index contributed by atoms with van der Waals surface area (Å²) in [6.07, 6.45) is 3.58. The summed E-state index contributed by atoms with van der Waals surface area (Å²) in [7, 11) is 3.55. The first kappa shape index (κ1) is 16.3. The number of halogens is 1. The minimum atomic E-state index is -0.474. The summed E-state index contributed by atoms with van der Waals surface area (Å²) in [5.74, 6) is 0.516. The summed E-state index contributed by atoms with van der Waals surface area (Å²) in [5.41, 5.74) is 3.12. The van der Waals surface area contributed by atoms with Crippen LogP contribution >= 0.6 is 0 Å². The Kier molecular flexibility index (Phi) is 5.02. The fourth-order valence-corrected chi connectivity index (χ4v) is 2.33. The maximum atomic E-state index is 11.3. The van der Waals surface area contributed by atoms with Crippen molar-refractivity contribution in [3.63, 3.8) is 0 Å². The highest BCUT2D eigenvalue weighted by Gasteiger charge is 2.16. The van der Waals surface area contributed by atoms with Crippen LogP contribution in [0.1, 0.15) is 0 Å². The van der Waals surface area contributed by atoms with Crippen molar-refractivity contribution in [3.8, 4) is 17.0 Å². The molecule has 3 aromatic rings. The highest BCUT2D eigenvalue weighted by Crippen LogP contribution is 2.24. The van der Waals surface area contributed by atoms with Crippen molar-refractivity contribution in [2.24, 2.45) is 7.05 Å². The Bertz CT molecular complexity index is 814. The molecule has 0 aliphatic carbocycles. The van der Waals surface area contributed by atoms with Gasteiger partial charge in [-0.1, -0.05) is 18.2 Å². The summed E-state index contributed by atoms with van der Waals surface area (Å²) in [6.45, 7) is 0. The van der Waals surface area contributed by atoms with Crippen molar-refractivity contribution in [2.45, 2.75) is 0 Å². The normalized spacial score (nSPS) is 10.1. The van der Waals surface area contributed by atoms with E-state index in [1.807, 2.05) is 55.8 Å². The molecule has 1 aromatic carbocycles. The van der Waals surface area contributed by atoms with E-state index < -0.39 is 6.09 Å². The minimum Gasteiger partial charge on any atom is -1.00 e. The van der Waals surface area contributed by atoms with E-state index in [0.29, 0.717) is 5.75 Å². The zero-order chi connectivity index (χ0) is 14.8. The van der Waals surface area contributed by atoms with Crippen LogP contribution in [0, 0.1) is 0 Å². The van der Waals surface area contributed by atoms with Crippen LogP contribution in [0.15, 0.2) is 54.9 Å². The van der Waals surface area contributed by atoms with Crippen molar-refractivity contribution < 1.29 is 37.9 Å². The number of imidazole rings is 1. The first-order chi connectivity index (χ1) is 10.2. The number of benzene rings is 1. The number of aromatic nitrogens is 2. The first-order valence-corrected chi connectivity index (χ1v) is 6.65. The Labute approximate surface area is 145 Å². The largest absolute Gasteiger partial charge is 1.00 e. The van der Waals surface area contributed by atoms with Gasteiger partial charge in [0, 0.05) is 18.7 Å². The summed E-state index contributed by atoms with van der Waals surface area (Å²) in [4.78, 5) is 11.3. The van der Waals surface area contributed by atoms with E-state index in [2.05, 4.69) is 14.3 Å². The third-order valence-electron chi connectivity index (χ3n) is 3.38. The second-order valence-corrected chi connectivity index (χ2v) is 4.71. The average Bonchev–Trinajstić information content (AvgIpc) is 2.85. The molecule has 0 saturated carbocycles. The molecule has 0 spiro atoms. The molecule has 0 aliphatic heterocycles. The summed E-state index contributed by atoms with van der Waals surface area (Å²) >= 11 is 0. The predicted molar refractivity (Wildman–Crippen MR) is 79.1 cm³/mol. The monoisotopic (exact) mass is 409 g/mol. The third-order valence-corrected chi connectivity index (χ3v) is 3.38. The number of carbonyl (C=O) groups is 1. The molecule has 0 unspecified atom stereocenters. The van der Waals surface area contributed by atoms with Crippen LogP contribution in [-0.2, 0) is 7.05 Å². The van der Waals surface area contributed by atoms with Crippen LogP contribution in [0.5, 0.6) is 5.75 Å². The molecular formula is C16H16IN3O2. The standard InChI is InChI=1S/C16H15N3O2.HI/c1-17-16(20)21-13-7-5-6-12(10-13)14-11-19-9-4-3-8-15(19)18(14)2;/h3-11H,1-2H3;1H. The molecule has 0 bridgehead atoms. The van der Waals surface area contributed by atoms with Gasteiger partial charge in [-0.15, -0.1) is 0 Å². The molecule has 0 atom stereocenters. The van der Waals surface area contributed by atoms with Crippen molar-refractivity contribution in [2.75, 3.05) is 7.05 Å². The molecule has 5 nitrogen and oxygen atoms in total. The molecule has 1 amide bonds. The van der Waals surface area contributed by atoms with Crippen LogP contribution in [0.25, 0.3) is 16.9 Å². The molecule has 3 rings (SSSR count). The summed E-state index contributed by atoms with van der Waals surface area (Å²) in [6, 6.07) is 13.5. The van der Waals surface area contributed by atoms with Gasteiger partial charge in [0.15, 0.2) is 5.69 Å². The molecule has 1 N–H and O–H groups in total. The fourth-order valence-electron chi connectivity index (χ4n) is 2.33. The van der Waals surface area contributed by atoms with E-state index in [1.165, 1.54) is 7.05 Å². The Balaban J connectivity index is 0.00000176. The van der Waals surface area contributed by atoms with Crippen molar-refractivity contribution in [1.29, 1.82) is 0 Å². The lowest BCUT2D eigenvalue weighted by Crippen LogP contribution is -3.00. The van der Waals surface area contributed by atoms with Crippen molar-refractivity contribution in [1.82, 2.24) is 9.88 Å². The average molecular weight is 409 g/mol. The molecule has 0 aliphatic rings. The molecule has 114 valence electrons. The molecule has 0 radical (unpaired) electrons. The van der Waals surface area contributed by atoms with Gasteiger partial charge in [-0.05, 0) is 18.2 Å². The number of pyridine rings is 1. The molecule has 2 heterocycles. The topological polar surface area (TPSA) is 47.4 Å². The first-order valence-electron chi connectivity index (χ1n) is 6.65. The number of aryl methyl sites for hydroxylation is 1. The van der Waals surface area contributed by atoms with E-state index in [9.17, 15) is 4.79 Å². The summed E-state index contributed by atoms with van der Waals surface area (Å²) < 4.78 is 9.33. The SMILES string of the molecule is CNC(=O)Oc1cccc(-c2c[n+]3ccccc3n2C)c1.[I-]. The number of nitrogens with one attached hydrogen (secondary N) is 1. The van der Waals surface area contributed by atoms with Crippen LogP contribution in [-0.4, -0.2) is 17.7 Å². The molecular weight excluding hydrogens is 393 g/mol. The minimum absolute atomic E-state index is 0. The van der Waals surface area contributed by atoms with Crippen LogP contribution in [0.3, 0.4) is 0 Å². The van der Waals surface area contributed by atoms with Gasteiger partial charge in [0.1, 0.15) is 11.9 Å². The second kappa shape index (κ2) is 6.78. The highest BCUT2D eigenvalue weighted by molar-refractivity contribution is 5.71. The van der Waals surface area contributed by atoms with E-state index in [1.54, 1.807) is 6.07 Å². The number of hydrogen-bond donors (Lipinski definition) is 1. The molecule has 0 saturated heterocycles. The lowest BCUT2D eigenvalue weighted by atomic mass is 10.1. The van der Waals surface area contributed by atoms with E-state index in [0.717, 1.165) is 16.9 Å². The number of rotatable bonds is 2.